The lowest BCUT2D eigenvalue weighted by molar-refractivity contribution is 0.270. The van der Waals surface area contributed by atoms with E-state index < -0.39 is 0 Å². The van der Waals surface area contributed by atoms with Gasteiger partial charge in [-0.05, 0) is 53.6 Å². The van der Waals surface area contributed by atoms with Crippen LogP contribution in [0.2, 0.25) is 0 Å². The molecule has 3 aromatic rings. The van der Waals surface area contributed by atoms with Crippen molar-refractivity contribution in [2.45, 2.75) is 32.2 Å². The molecular formula is C24H26N2O. The van der Waals surface area contributed by atoms with E-state index in [1.165, 1.54) is 27.7 Å². The molecule has 1 aliphatic heterocycles. The first-order valence-electron chi connectivity index (χ1n) is 9.96. The third kappa shape index (κ3) is 2.82. The summed E-state index contributed by atoms with van der Waals surface area (Å²) < 4.78 is 5.98. The van der Waals surface area contributed by atoms with Crippen LogP contribution in [0.25, 0.3) is 10.9 Å². The molecule has 3 unspecified atom stereocenters. The van der Waals surface area contributed by atoms with Crippen LogP contribution >= 0.6 is 0 Å². The Bertz CT molecular complexity index is 1000. The summed E-state index contributed by atoms with van der Waals surface area (Å²) in [6.45, 7) is 5.12. The highest BCUT2D eigenvalue weighted by atomic mass is 16.5. The van der Waals surface area contributed by atoms with Crippen molar-refractivity contribution in [3.05, 3.63) is 71.9 Å². The van der Waals surface area contributed by atoms with E-state index in [0.717, 1.165) is 18.8 Å². The molecule has 3 atom stereocenters. The van der Waals surface area contributed by atoms with Crippen LogP contribution in [0.5, 0.6) is 5.75 Å². The minimum Gasteiger partial charge on any atom is -0.493 e. The molecule has 3 nitrogen and oxygen atoms in total. The fraction of sp³-hybridized carbons (Fsp3) is 0.333. The number of aromatic nitrogens is 1. The molecule has 0 amide bonds. The van der Waals surface area contributed by atoms with Crippen molar-refractivity contribution in [1.82, 2.24) is 4.98 Å². The van der Waals surface area contributed by atoms with Gasteiger partial charge in [-0.2, -0.15) is 0 Å². The molecule has 2 N–H and O–H groups in total. The third-order valence-corrected chi connectivity index (χ3v) is 5.87. The summed E-state index contributed by atoms with van der Waals surface area (Å²) in [4.78, 5) is 3.45. The maximum Gasteiger partial charge on any atom is 0.119 e. The van der Waals surface area contributed by atoms with Gasteiger partial charge in [0.05, 0.1) is 12.6 Å². The second kappa shape index (κ2) is 6.49. The highest BCUT2D eigenvalue weighted by molar-refractivity contribution is 5.84. The number of allylic oxidation sites excluding steroid dienone is 2. The molecule has 5 rings (SSSR count). The minimum absolute atomic E-state index is 0.316. The lowest BCUT2D eigenvalue weighted by Gasteiger charge is -2.37. The Morgan fingerprint density at radius 1 is 1.11 bits per heavy atom. The fourth-order valence-electron chi connectivity index (χ4n) is 4.58. The molecule has 27 heavy (non-hydrogen) atoms. The zero-order chi connectivity index (χ0) is 18.4. The number of rotatable bonds is 4. The Labute approximate surface area is 160 Å². The summed E-state index contributed by atoms with van der Waals surface area (Å²) in [6.07, 6.45) is 8.02. The summed E-state index contributed by atoms with van der Waals surface area (Å²) in [5, 5.41) is 5.16. The predicted octanol–water partition coefficient (Wildman–Crippen LogP) is 6.03. The fourth-order valence-corrected chi connectivity index (χ4v) is 4.58. The number of nitrogens with one attached hydrogen (secondary N) is 2. The first kappa shape index (κ1) is 16.5. The smallest absolute Gasteiger partial charge is 0.119 e. The van der Waals surface area contributed by atoms with Gasteiger partial charge in [0.15, 0.2) is 0 Å². The van der Waals surface area contributed by atoms with E-state index >= 15 is 0 Å². The monoisotopic (exact) mass is 358 g/mol. The molecule has 0 saturated carbocycles. The van der Waals surface area contributed by atoms with Crippen molar-refractivity contribution < 1.29 is 4.74 Å². The molecule has 2 aliphatic rings. The Morgan fingerprint density at radius 3 is 2.89 bits per heavy atom. The van der Waals surface area contributed by atoms with Crippen molar-refractivity contribution in [2.24, 2.45) is 11.8 Å². The quantitative estimate of drug-likeness (QED) is 0.559. The Balaban J connectivity index is 1.52. The number of para-hydroxylation sites is 1. The van der Waals surface area contributed by atoms with Gasteiger partial charge in [-0.3, -0.25) is 0 Å². The van der Waals surface area contributed by atoms with E-state index in [-0.39, 0.29) is 0 Å². The van der Waals surface area contributed by atoms with Crippen LogP contribution in [-0.4, -0.2) is 11.6 Å². The van der Waals surface area contributed by atoms with Crippen molar-refractivity contribution in [2.75, 3.05) is 11.9 Å². The molecular weight excluding hydrogens is 332 g/mol. The van der Waals surface area contributed by atoms with Gasteiger partial charge < -0.3 is 15.0 Å². The molecule has 1 aromatic heterocycles. The number of fused-ring (bicyclic) bond motifs is 4. The first-order chi connectivity index (χ1) is 13.2. The molecule has 138 valence electrons. The number of H-pyrrole nitrogens is 1. The number of anilines is 1. The van der Waals surface area contributed by atoms with Crippen LogP contribution in [0, 0.1) is 11.8 Å². The number of aromatic amines is 1. The van der Waals surface area contributed by atoms with E-state index in [0.29, 0.717) is 23.8 Å². The molecule has 0 fully saturated rings. The number of hydrogen-bond acceptors (Lipinski definition) is 2. The molecule has 0 bridgehead atoms. The van der Waals surface area contributed by atoms with Gasteiger partial charge in [-0.25, -0.2) is 0 Å². The molecule has 2 heterocycles. The maximum atomic E-state index is 5.98. The van der Waals surface area contributed by atoms with Gasteiger partial charge in [0.1, 0.15) is 5.75 Å². The van der Waals surface area contributed by atoms with Crippen LogP contribution in [0.1, 0.15) is 43.4 Å². The third-order valence-electron chi connectivity index (χ3n) is 5.87. The van der Waals surface area contributed by atoms with Crippen LogP contribution in [-0.2, 0) is 0 Å². The lowest BCUT2D eigenvalue weighted by atomic mass is 9.77. The molecule has 1 aliphatic carbocycles. The van der Waals surface area contributed by atoms with E-state index in [4.69, 9.17) is 4.74 Å². The Hall–Kier alpha value is -2.68. The minimum atomic E-state index is 0.316. The van der Waals surface area contributed by atoms with E-state index in [2.05, 4.69) is 85.0 Å². The van der Waals surface area contributed by atoms with Gasteiger partial charge in [-0.15, -0.1) is 0 Å². The van der Waals surface area contributed by atoms with Crippen LogP contribution in [0.15, 0.2) is 60.8 Å². The van der Waals surface area contributed by atoms with Gasteiger partial charge in [-0.1, -0.05) is 44.2 Å². The average Bonchev–Trinajstić information content (AvgIpc) is 3.33. The largest absolute Gasteiger partial charge is 0.493 e. The standard InChI is InChI=1S/C24H26N2O/c1-15(2)14-27-16-10-11-23-20(12-16)17-7-5-8-19(17)24(26-23)21-13-25-22-9-4-3-6-18(21)22/h3-7,9-13,15,17,19,24-26H,8,14H2,1-2H3. The zero-order valence-corrected chi connectivity index (χ0v) is 15.9. The van der Waals surface area contributed by atoms with Crippen molar-refractivity contribution in [3.63, 3.8) is 0 Å². The van der Waals surface area contributed by atoms with Crippen molar-refractivity contribution in [1.29, 1.82) is 0 Å². The summed E-state index contributed by atoms with van der Waals surface area (Å²) in [5.41, 5.74) is 5.18. The van der Waals surface area contributed by atoms with E-state index in [1.807, 2.05) is 0 Å². The first-order valence-corrected chi connectivity index (χ1v) is 9.96. The lowest BCUT2D eigenvalue weighted by Crippen LogP contribution is -2.29. The molecule has 0 radical (unpaired) electrons. The highest BCUT2D eigenvalue weighted by Crippen LogP contribution is 2.51. The van der Waals surface area contributed by atoms with E-state index in [1.54, 1.807) is 0 Å². The number of hydrogen-bond donors (Lipinski definition) is 2. The van der Waals surface area contributed by atoms with Gasteiger partial charge in [0.25, 0.3) is 0 Å². The second-order valence-corrected chi connectivity index (χ2v) is 8.22. The van der Waals surface area contributed by atoms with Crippen molar-refractivity contribution in [3.8, 4) is 5.75 Å². The zero-order valence-electron chi connectivity index (χ0n) is 15.9. The normalized spacial score (nSPS) is 23.3. The second-order valence-electron chi connectivity index (χ2n) is 8.22. The summed E-state index contributed by atoms with van der Waals surface area (Å²) in [7, 11) is 0. The van der Waals surface area contributed by atoms with Crippen LogP contribution in [0.3, 0.4) is 0 Å². The molecule has 2 aromatic carbocycles. The summed E-state index contributed by atoms with van der Waals surface area (Å²) >= 11 is 0. The van der Waals surface area contributed by atoms with Gasteiger partial charge in [0.2, 0.25) is 0 Å². The number of ether oxygens (including phenoxy) is 1. The Morgan fingerprint density at radius 2 is 2.00 bits per heavy atom. The molecule has 3 heteroatoms. The summed E-state index contributed by atoms with van der Waals surface area (Å²) in [5.74, 6) is 2.50. The highest BCUT2D eigenvalue weighted by Gasteiger charge is 2.38. The summed E-state index contributed by atoms with van der Waals surface area (Å²) in [6, 6.07) is 15.4. The number of benzene rings is 2. The SMILES string of the molecule is CC(C)COc1ccc2c(c1)C1C=CCC1C(c1c[nH]c3ccccc13)N2. The average molecular weight is 358 g/mol. The molecule has 0 saturated heterocycles. The van der Waals surface area contributed by atoms with Gasteiger partial charge in [0, 0.05) is 28.7 Å². The Kier molecular flexibility index (Phi) is 3.96. The molecule has 0 spiro atoms. The van der Waals surface area contributed by atoms with Crippen LogP contribution < -0.4 is 10.1 Å². The van der Waals surface area contributed by atoms with Crippen LogP contribution in [0.4, 0.5) is 5.69 Å². The maximum absolute atomic E-state index is 5.98. The van der Waals surface area contributed by atoms with Crippen molar-refractivity contribution >= 4 is 16.6 Å². The van der Waals surface area contributed by atoms with E-state index in [9.17, 15) is 0 Å². The van der Waals surface area contributed by atoms with Gasteiger partial charge >= 0.3 is 0 Å². The topological polar surface area (TPSA) is 37.0 Å². The predicted molar refractivity (Wildman–Crippen MR) is 111 cm³/mol.